The van der Waals surface area contributed by atoms with Gasteiger partial charge in [-0.05, 0) is 57.9 Å². The Morgan fingerprint density at radius 1 is 1.21 bits per heavy atom. The predicted molar refractivity (Wildman–Crippen MR) is 117 cm³/mol. The smallest absolute Gasteiger partial charge is 0.175 e. The minimum atomic E-state index is 0.0817. The predicted octanol–water partition coefficient (Wildman–Crippen LogP) is 5.61. The number of H-pyrrole nitrogens is 1. The van der Waals surface area contributed by atoms with Gasteiger partial charge in [-0.25, -0.2) is 9.97 Å². The maximum atomic E-state index is 11.2. The van der Waals surface area contributed by atoms with Crippen LogP contribution in [0.15, 0.2) is 41.5 Å². The summed E-state index contributed by atoms with van der Waals surface area (Å²) >= 11 is 0. The van der Waals surface area contributed by atoms with E-state index in [1.54, 1.807) is 13.1 Å². The highest BCUT2D eigenvalue weighted by Crippen LogP contribution is 2.21. The van der Waals surface area contributed by atoms with Gasteiger partial charge >= 0.3 is 0 Å². The number of aliphatic imine (C=N–C) groups is 1. The second kappa shape index (κ2) is 9.74. The molecular formula is C23H28N4O. The number of carbonyl (C=O) groups excluding carboxylic acids is 1. The Labute approximate surface area is 166 Å². The first-order valence-corrected chi connectivity index (χ1v) is 9.45. The van der Waals surface area contributed by atoms with E-state index >= 15 is 0 Å². The molecule has 0 spiro atoms. The van der Waals surface area contributed by atoms with Gasteiger partial charge in [-0.1, -0.05) is 24.6 Å². The van der Waals surface area contributed by atoms with Crippen molar-refractivity contribution in [3.05, 3.63) is 64.9 Å². The van der Waals surface area contributed by atoms with E-state index in [-0.39, 0.29) is 5.78 Å². The number of hydrogen-bond donors (Lipinski definition) is 1. The maximum absolute atomic E-state index is 11.2. The number of aromatic nitrogens is 3. The van der Waals surface area contributed by atoms with Gasteiger partial charge in [-0.3, -0.25) is 9.79 Å². The minimum Gasteiger partial charge on any atom is -0.352 e. The van der Waals surface area contributed by atoms with Gasteiger partial charge in [0.15, 0.2) is 5.78 Å². The van der Waals surface area contributed by atoms with Gasteiger partial charge in [0.2, 0.25) is 0 Å². The van der Waals surface area contributed by atoms with Crippen LogP contribution in [0.5, 0.6) is 0 Å². The highest BCUT2D eigenvalue weighted by atomic mass is 16.1. The molecule has 1 aromatic carbocycles. The number of nitrogens with one attached hydrogen (secondary N) is 1. The zero-order valence-corrected chi connectivity index (χ0v) is 17.5. The van der Waals surface area contributed by atoms with E-state index in [1.165, 1.54) is 11.1 Å². The Bertz CT molecular complexity index is 1030. The molecule has 0 aliphatic carbocycles. The molecule has 3 aromatic rings. The molecule has 5 nitrogen and oxygen atoms in total. The highest BCUT2D eigenvalue weighted by Gasteiger charge is 2.06. The lowest BCUT2D eigenvalue weighted by molar-refractivity contribution is 0.101. The topological polar surface area (TPSA) is 71.0 Å². The Hall–Kier alpha value is -3.08. The van der Waals surface area contributed by atoms with Crippen LogP contribution in [0.4, 0.5) is 0 Å². The van der Waals surface area contributed by atoms with E-state index in [2.05, 4.69) is 52.8 Å². The lowest BCUT2D eigenvalue weighted by Crippen LogP contribution is -1.92. The number of carbonyl (C=O) groups is 1. The van der Waals surface area contributed by atoms with Gasteiger partial charge in [-0.15, -0.1) is 0 Å². The van der Waals surface area contributed by atoms with Crippen molar-refractivity contribution in [1.29, 1.82) is 0 Å². The van der Waals surface area contributed by atoms with Crippen molar-refractivity contribution in [3.63, 3.8) is 0 Å². The fourth-order valence-corrected chi connectivity index (χ4v) is 2.88. The first kappa shape index (κ1) is 21.2. The summed E-state index contributed by atoms with van der Waals surface area (Å²) in [5.74, 6) is 0.854. The Morgan fingerprint density at radius 2 is 1.96 bits per heavy atom. The quantitative estimate of drug-likeness (QED) is 0.475. The number of ketones is 1. The van der Waals surface area contributed by atoms with E-state index in [0.717, 1.165) is 34.5 Å². The molecule has 3 rings (SSSR count). The number of aryl methyl sites for hydroxylation is 3. The largest absolute Gasteiger partial charge is 0.352 e. The SMILES string of the molecule is C/C=C(\N=CCC)c1ccnc(C)n1.CC(=O)c1cc2cc(C)cc(C)c2[nH]1. The standard InChI is InChI=1S/C12H13NO.C11H15N3/c1-7-4-8(2)12-10(5-7)6-11(13-12)9(3)14;1-4-7-13-10(5-2)11-6-8-12-9(3)14-11/h4-6,13H,1-3H3;5-8H,4H2,1-3H3/b;10-5-,13-7?. The zero-order chi connectivity index (χ0) is 20.7. The molecule has 5 heteroatoms. The third kappa shape index (κ3) is 5.46. The van der Waals surface area contributed by atoms with Crippen LogP contribution >= 0.6 is 0 Å². The van der Waals surface area contributed by atoms with Crippen LogP contribution in [-0.2, 0) is 0 Å². The van der Waals surface area contributed by atoms with E-state index in [9.17, 15) is 4.79 Å². The number of fused-ring (bicyclic) bond motifs is 1. The molecule has 2 heterocycles. The molecule has 0 bridgehead atoms. The van der Waals surface area contributed by atoms with Crippen LogP contribution in [-0.4, -0.2) is 26.9 Å². The first-order valence-electron chi connectivity index (χ1n) is 9.45. The molecule has 1 N–H and O–H groups in total. The number of rotatable bonds is 4. The van der Waals surface area contributed by atoms with Gasteiger partial charge in [-0.2, -0.15) is 0 Å². The second-order valence-corrected chi connectivity index (χ2v) is 6.67. The fraction of sp³-hybridized carbons (Fsp3) is 0.304. The third-order valence-electron chi connectivity index (χ3n) is 4.17. The van der Waals surface area contributed by atoms with Gasteiger partial charge in [0.1, 0.15) is 5.82 Å². The summed E-state index contributed by atoms with van der Waals surface area (Å²) in [6.07, 6.45) is 6.52. The molecule has 2 aromatic heterocycles. The van der Waals surface area contributed by atoms with Crippen molar-refractivity contribution < 1.29 is 4.79 Å². The second-order valence-electron chi connectivity index (χ2n) is 6.67. The van der Waals surface area contributed by atoms with Crippen LogP contribution in [0.25, 0.3) is 16.6 Å². The van der Waals surface area contributed by atoms with Crippen LogP contribution in [0.2, 0.25) is 0 Å². The molecule has 0 radical (unpaired) electrons. The first-order chi connectivity index (χ1) is 13.3. The van der Waals surface area contributed by atoms with Gasteiger partial charge in [0, 0.05) is 30.2 Å². The van der Waals surface area contributed by atoms with Gasteiger partial charge in [0.25, 0.3) is 0 Å². The molecule has 0 amide bonds. The summed E-state index contributed by atoms with van der Waals surface area (Å²) in [5.41, 5.74) is 5.95. The van der Waals surface area contributed by atoms with Crippen molar-refractivity contribution in [2.75, 3.05) is 0 Å². The summed E-state index contributed by atoms with van der Waals surface area (Å²) in [6.45, 7) is 11.6. The molecule has 28 heavy (non-hydrogen) atoms. The molecule has 0 atom stereocenters. The molecule has 0 saturated carbocycles. The van der Waals surface area contributed by atoms with Crippen molar-refractivity contribution in [1.82, 2.24) is 15.0 Å². The van der Waals surface area contributed by atoms with Crippen molar-refractivity contribution in [3.8, 4) is 0 Å². The van der Waals surface area contributed by atoms with Crippen LogP contribution < -0.4 is 0 Å². The van der Waals surface area contributed by atoms with Crippen LogP contribution in [0.1, 0.15) is 60.3 Å². The molecule has 0 unspecified atom stereocenters. The average Bonchev–Trinajstić information content (AvgIpc) is 3.08. The molecule has 0 aliphatic heterocycles. The number of Topliss-reactive ketones (excluding diaryl/α,β-unsaturated/α-hetero) is 1. The lowest BCUT2D eigenvalue weighted by Gasteiger charge is -2.00. The van der Waals surface area contributed by atoms with Gasteiger partial charge in [0.05, 0.1) is 17.1 Å². The number of hydrogen-bond acceptors (Lipinski definition) is 4. The van der Waals surface area contributed by atoms with Crippen molar-refractivity contribution >= 4 is 28.6 Å². The fourth-order valence-electron chi connectivity index (χ4n) is 2.88. The molecule has 146 valence electrons. The highest BCUT2D eigenvalue weighted by molar-refractivity contribution is 5.98. The Kier molecular flexibility index (Phi) is 7.38. The minimum absolute atomic E-state index is 0.0817. The molecule has 0 fully saturated rings. The number of benzene rings is 1. The molecule has 0 saturated heterocycles. The van der Waals surface area contributed by atoms with E-state index in [0.29, 0.717) is 5.69 Å². The van der Waals surface area contributed by atoms with E-state index in [1.807, 2.05) is 38.3 Å². The number of allylic oxidation sites excluding steroid dienone is 1. The average molecular weight is 377 g/mol. The zero-order valence-electron chi connectivity index (χ0n) is 17.5. The monoisotopic (exact) mass is 376 g/mol. The Balaban J connectivity index is 0.000000200. The maximum Gasteiger partial charge on any atom is 0.175 e. The Morgan fingerprint density at radius 3 is 2.57 bits per heavy atom. The van der Waals surface area contributed by atoms with E-state index in [4.69, 9.17) is 0 Å². The molecule has 0 aliphatic rings. The summed E-state index contributed by atoms with van der Waals surface area (Å²) < 4.78 is 0. The van der Waals surface area contributed by atoms with Crippen molar-refractivity contribution in [2.24, 2.45) is 4.99 Å². The van der Waals surface area contributed by atoms with Crippen LogP contribution in [0.3, 0.4) is 0 Å². The van der Waals surface area contributed by atoms with Crippen molar-refractivity contribution in [2.45, 2.75) is 48.0 Å². The summed E-state index contributed by atoms with van der Waals surface area (Å²) in [5, 5.41) is 1.12. The lowest BCUT2D eigenvalue weighted by atomic mass is 10.1. The third-order valence-corrected chi connectivity index (χ3v) is 4.17. The van der Waals surface area contributed by atoms with Crippen LogP contribution in [0, 0.1) is 20.8 Å². The summed E-state index contributed by atoms with van der Waals surface area (Å²) in [7, 11) is 0. The van der Waals surface area contributed by atoms with Gasteiger partial charge < -0.3 is 4.98 Å². The van der Waals surface area contributed by atoms with E-state index < -0.39 is 0 Å². The summed E-state index contributed by atoms with van der Waals surface area (Å²) in [6, 6.07) is 7.99. The normalized spacial score (nSPS) is 11.6. The summed E-state index contributed by atoms with van der Waals surface area (Å²) in [4.78, 5) is 27.0. The number of aromatic amines is 1. The molecular weight excluding hydrogens is 348 g/mol. The number of nitrogens with zero attached hydrogens (tertiary/aromatic N) is 3.